The smallest absolute Gasteiger partial charge is 0.309 e. The summed E-state index contributed by atoms with van der Waals surface area (Å²) >= 11 is 0. The summed E-state index contributed by atoms with van der Waals surface area (Å²) < 4.78 is 18.9. The number of hydrogen-bond donors (Lipinski definition) is 0. The largest absolute Gasteiger partial charge is 0.469 e. The summed E-state index contributed by atoms with van der Waals surface area (Å²) in [4.78, 5) is 12.5. The Balaban J connectivity index is 2.21. The summed E-state index contributed by atoms with van der Waals surface area (Å²) in [5, 5.41) is 3.75. The van der Waals surface area contributed by atoms with Crippen molar-refractivity contribution in [2.75, 3.05) is 7.11 Å². The molecule has 0 heterocycles. The number of rotatable bonds is 8. The number of esters is 1. The summed E-state index contributed by atoms with van der Waals surface area (Å²) in [6, 6.07) is 27.9. The monoisotopic (exact) mass is 476 g/mol. The second-order valence-electron chi connectivity index (χ2n) is 9.55. The Bertz CT molecular complexity index is 1090. The van der Waals surface area contributed by atoms with E-state index in [0.29, 0.717) is 0 Å². The van der Waals surface area contributed by atoms with Crippen molar-refractivity contribution in [2.24, 2.45) is 0 Å². The van der Waals surface area contributed by atoms with Crippen molar-refractivity contribution in [3.8, 4) is 0 Å². The van der Waals surface area contributed by atoms with E-state index in [2.05, 4.69) is 80.8 Å². The predicted octanol–water partition coefficient (Wildman–Crippen LogP) is 5.71. The second kappa shape index (κ2) is 10.4. The summed E-state index contributed by atoms with van der Waals surface area (Å²) in [5.74, 6) is -0.468. The molecule has 0 bridgehead atoms. The Kier molecular flexibility index (Phi) is 7.87. The Morgan fingerprint density at radius 1 is 0.848 bits per heavy atom. The van der Waals surface area contributed by atoms with Gasteiger partial charge in [-0.15, -0.1) is 0 Å². The van der Waals surface area contributed by atoms with Gasteiger partial charge in [0.1, 0.15) is 13.9 Å². The van der Waals surface area contributed by atoms with Crippen molar-refractivity contribution in [2.45, 2.75) is 38.2 Å². The number of carbonyl (C=O) groups excluding carboxylic acids is 1. The topological polar surface area (TPSA) is 26.3 Å². The van der Waals surface area contributed by atoms with Crippen molar-refractivity contribution in [1.82, 2.24) is 0 Å². The van der Waals surface area contributed by atoms with Crippen LogP contribution in [0.3, 0.4) is 0 Å². The van der Waals surface area contributed by atoms with Crippen molar-refractivity contribution < 1.29 is 13.9 Å². The van der Waals surface area contributed by atoms with Crippen LogP contribution in [0.15, 0.2) is 96.2 Å². The van der Waals surface area contributed by atoms with E-state index >= 15 is 0 Å². The third-order valence-electron chi connectivity index (χ3n) is 6.75. The quantitative estimate of drug-likeness (QED) is 0.308. The van der Waals surface area contributed by atoms with Gasteiger partial charge in [-0.2, -0.15) is 0 Å². The molecule has 0 aromatic heterocycles. The molecule has 33 heavy (non-hydrogen) atoms. The molecule has 0 N–H and O–H groups in total. The molecule has 1 atom stereocenters. The molecule has 3 aromatic rings. The average Bonchev–Trinajstić information content (AvgIpc) is 2.83. The second-order valence-corrected chi connectivity index (χ2v) is 18.7. The molecule has 3 rings (SSSR count). The molecule has 0 spiro atoms. The molecule has 0 amide bonds. The highest BCUT2D eigenvalue weighted by molar-refractivity contribution is 6.96. The van der Waals surface area contributed by atoms with E-state index in [1.54, 1.807) is 0 Å². The van der Waals surface area contributed by atoms with Gasteiger partial charge in [-0.1, -0.05) is 121 Å². The number of benzene rings is 3. The zero-order valence-corrected chi connectivity index (χ0v) is 22.1. The SMILES string of the molecule is COC(=O)C/C(=C\[C@@H](c1ccc(F)cc1)[Si](C)(C)c1ccccc1)[Si](C)(C)c1ccccc1. The number of hydrogen-bond acceptors (Lipinski definition) is 2. The minimum Gasteiger partial charge on any atom is -0.469 e. The van der Waals surface area contributed by atoms with Crippen molar-refractivity contribution >= 4 is 32.5 Å². The Morgan fingerprint density at radius 2 is 1.36 bits per heavy atom. The fourth-order valence-corrected chi connectivity index (χ4v) is 10.2. The molecule has 0 saturated carbocycles. The molecule has 2 nitrogen and oxygen atoms in total. The maximum absolute atomic E-state index is 13.8. The van der Waals surface area contributed by atoms with E-state index < -0.39 is 16.1 Å². The standard InChI is InChI=1S/C28H33FO2Si2/c1-31-28(30)21-26(32(2,3)24-12-8-6-9-13-24)20-27(22-16-18-23(29)19-17-22)33(4,5)25-14-10-7-11-15-25/h6-20,27H,21H2,1-5H3/b26-20+/t27-/m0/s1. The van der Waals surface area contributed by atoms with Crippen LogP contribution >= 0.6 is 0 Å². The van der Waals surface area contributed by atoms with Crippen LogP contribution < -0.4 is 10.4 Å². The van der Waals surface area contributed by atoms with E-state index in [9.17, 15) is 9.18 Å². The first-order chi connectivity index (χ1) is 15.7. The van der Waals surface area contributed by atoms with Gasteiger partial charge in [0.05, 0.1) is 21.6 Å². The molecule has 0 aliphatic carbocycles. The highest BCUT2D eigenvalue weighted by Crippen LogP contribution is 2.33. The average molecular weight is 477 g/mol. The number of carbonyl (C=O) groups is 1. The Hall–Kier alpha value is -2.77. The molecule has 0 unspecified atom stereocenters. The highest BCUT2D eigenvalue weighted by Gasteiger charge is 2.37. The van der Waals surface area contributed by atoms with E-state index in [1.807, 2.05) is 24.3 Å². The van der Waals surface area contributed by atoms with Gasteiger partial charge < -0.3 is 4.74 Å². The number of ether oxygens (including phenoxy) is 1. The lowest BCUT2D eigenvalue weighted by molar-refractivity contribution is -0.139. The maximum Gasteiger partial charge on any atom is 0.309 e. The molecule has 0 aliphatic rings. The minimum absolute atomic E-state index is 0.0793. The first kappa shape index (κ1) is 24.9. The molecule has 3 aromatic carbocycles. The van der Waals surface area contributed by atoms with Gasteiger partial charge in [-0.05, 0) is 17.7 Å². The van der Waals surface area contributed by atoms with Crippen LogP contribution in [0.25, 0.3) is 0 Å². The molecular weight excluding hydrogens is 443 g/mol. The normalized spacial score (nSPS) is 13.5. The Labute approximate surface area is 199 Å². The number of halogens is 1. The molecular formula is C28H33FO2Si2. The van der Waals surface area contributed by atoms with Gasteiger partial charge in [0, 0.05) is 5.54 Å². The fourth-order valence-electron chi connectivity index (χ4n) is 4.40. The summed E-state index contributed by atoms with van der Waals surface area (Å²) in [5.41, 5.74) is 1.16. The van der Waals surface area contributed by atoms with Crippen LogP contribution in [-0.2, 0) is 9.53 Å². The van der Waals surface area contributed by atoms with E-state index in [-0.39, 0.29) is 23.7 Å². The summed E-state index contributed by atoms with van der Waals surface area (Å²) in [7, 11) is -2.82. The molecule has 0 saturated heterocycles. The van der Waals surface area contributed by atoms with Gasteiger partial charge in [0.25, 0.3) is 0 Å². The van der Waals surface area contributed by atoms with Crippen LogP contribution in [-0.4, -0.2) is 29.2 Å². The molecule has 0 aliphatic heterocycles. The Morgan fingerprint density at radius 3 is 1.88 bits per heavy atom. The van der Waals surface area contributed by atoms with E-state index in [1.165, 1.54) is 29.6 Å². The number of allylic oxidation sites excluding steroid dienone is 1. The molecule has 5 heteroatoms. The van der Waals surface area contributed by atoms with Crippen molar-refractivity contribution in [1.29, 1.82) is 0 Å². The van der Waals surface area contributed by atoms with Gasteiger partial charge in [-0.25, -0.2) is 4.39 Å². The highest BCUT2D eigenvalue weighted by atomic mass is 28.3. The molecule has 172 valence electrons. The third-order valence-corrected chi connectivity index (χ3v) is 14.4. The maximum atomic E-state index is 13.8. The zero-order valence-electron chi connectivity index (χ0n) is 20.1. The van der Waals surface area contributed by atoms with Crippen LogP contribution in [0.2, 0.25) is 26.2 Å². The van der Waals surface area contributed by atoms with Crippen LogP contribution in [0, 0.1) is 5.82 Å². The van der Waals surface area contributed by atoms with Gasteiger partial charge in [0.2, 0.25) is 0 Å². The number of methoxy groups -OCH3 is 1. The fraction of sp³-hybridized carbons (Fsp3) is 0.250. The van der Waals surface area contributed by atoms with Gasteiger partial charge in [-0.3, -0.25) is 4.79 Å². The van der Waals surface area contributed by atoms with Crippen molar-refractivity contribution in [3.63, 3.8) is 0 Å². The van der Waals surface area contributed by atoms with E-state index in [4.69, 9.17) is 4.74 Å². The zero-order chi connectivity index (χ0) is 24.1. The molecule has 0 radical (unpaired) electrons. The van der Waals surface area contributed by atoms with Crippen LogP contribution in [0.5, 0.6) is 0 Å². The predicted molar refractivity (Wildman–Crippen MR) is 141 cm³/mol. The molecule has 0 fully saturated rings. The first-order valence-electron chi connectivity index (χ1n) is 11.3. The van der Waals surface area contributed by atoms with Gasteiger partial charge >= 0.3 is 5.97 Å². The van der Waals surface area contributed by atoms with Crippen LogP contribution in [0.4, 0.5) is 4.39 Å². The summed E-state index contributed by atoms with van der Waals surface area (Å²) in [6.07, 6.45) is 2.59. The van der Waals surface area contributed by atoms with E-state index in [0.717, 1.165) is 10.8 Å². The van der Waals surface area contributed by atoms with Crippen LogP contribution in [0.1, 0.15) is 17.5 Å². The van der Waals surface area contributed by atoms with Gasteiger partial charge in [0.15, 0.2) is 0 Å². The lowest BCUT2D eigenvalue weighted by atomic mass is 10.1. The lowest BCUT2D eigenvalue weighted by Gasteiger charge is -2.35. The summed E-state index contributed by atoms with van der Waals surface area (Å²) in [6.45, 7) is 9.27. The van der Waals surface area contributed by atoms with Crippen molar-refractivity contribution in [3.05, 3.63) is 108 Å². The lowest BCUT2D eigenvalue weighted by Crippen LogP contribution is -2.49. The minimum atomic E-state index is -2.17. The third kappa shape index (κ3) is 5.78. The first-order valence-corrected chi connectivity index (χ1v) is 17.4.